The number of anilines is 1. The Balaban J connectivity index is 2.23. The standard InChI is InChI=1S/C23H29N3O5/c1-15-10-6-8-12-17(15)25-21(29)20(16-11-7-9-13-18(16)27)26(5)19(28)14-24-22(30)31-23(2,3)4/h6-13,20,27H,14H2,1-5H3,(H,24,30)(H,25,29). The normalized spacial score (nSPS) is 11.9. The maximum atomic E-state index is 13.2. The number of aryl methyl sites for hydroxylation is 1. The van der Waals surface area contributed by atoms with E-state index in [4.69, 9.17) is 4.74 Å². The number of benzene rings is 2. The van der Waals surface area contributed by atoms with Crippen LogP contribution in [0.1, 0.15) is 37.9 Å². The molecule has 0 aromatic heterocycles. The average molecular weight is 428 g/mol. The predicted octanol–water partition coefficient (Wildman–Crippen LogP) is 3.36. The molecule has 0 aliphatic heterocycles. The molecule has 2 aromatic rings. The van der Waals surface area contributed by atoms with Crippen molar-refractivity contribution in [1.29, 1.82) is 0 Å². The largest absolute Gasteiger partial charge is 0.508 e. The average Bonchev–Trinajstić information content (AvgIpc) is 2.68. The zero-order valence-electron chi connectivity index (χ0n) is 18.4. The lowest BCUT2D eigenvalue weighted by atomic mass is 10.0. The first-order chi connectivity index (χ1) is 14.5. The number of amides is 3. The van der Waals surface area contributed by atoms with E-state index < -0.39 is 29.6 Å². The van der Waals surface area contributed by atoms with Crippen molar-refractivity contribution >= 4 is 23.6 Å². The number of likely N-dealkylation sites (N-methyl/N-ethyl adjacent to an activating group) is 1. The summed E-state index contributed by atoms with van der Waals surface area (Å²) in [5.74, 6) is -1.14. The van der Waals surface area contributed by atoms with E-state index in [2.05, 4.69) is 10.6 Å². The van der Waals surface area contributed by atoms with Gasteiger partial charge in [0.05, 0.1) is 0 Å². The topological polar surface area (TPSA) is 108 Å². The van der Waals surface area contributed by atoms with Crippen molar-refractivity contribution in [1.82, 2.24) is 10.2 Å². The molecule has 1 unspecified atom stereocenters. The van der Waals surface area contributed by atoms with E-state index >= 15 is 0 Å². The zero-order chi connectivity index (χ0) is 23.2. The van der Waals surface area contributed by atoms with Crippen LogP contribution in [0.25, 0.3) is 0 Å². The second-order valence-corrected chi connectivity index (χ2v) is 8.13. The van der Waals surface area contributed by atoms with Gasteiger partial charge in [-0.1, -0.05) is 36.4 Å². The molecular weight excluding hydrogens is 398 g/mol. The fourth-order valence-electron chi connectivity index (χ4n) is 2.89. The van der Waals surface area contributed by atoms with Gasteiger partial charge in [-0.2, -0.15) is 0 Å². The lowest BCUT2D eigenvalue weighted by Gasteiger charge is -2.28. The van der Waals surface area contributed by atoms with E-state index in [-0.39, 0.29) is 17.9 Å². The second-order valence-electron chi connectivity index (χ2n) is 8.13. The number of aromatic hydroxyl groups is 1. The molecule has 8 nitrogen and oxygen atoms in total. The van der Waals surface area contributed by atoms with Crippen LogP contribution in [0.3, 0.4) is 0 Å². The molecule has 0 spiro atoms. The van der Waals surface area contributed by atoms with Gasteiger partial charge in [0.25, 0.3) is 5.91 Å². The lowest BCUT2D eigenvalue weighted by molar-refractivity contribution is -0.136. The number of rotatable bonds is 6. The molecule has 8 heteroatoms. The number of ether oxygens (including phenoxy) is 1. The number of alkyl carbamates (subject to hydrolysis) is 1. The minimum Gasteiger partial charge on any atom is -0.508 e. The van der Waals surface area contributed by atoms with E-state index in [0.29, 0.717) is 5.69 Å². The molecule has 0 aliphatic rings. The highest BCUT2D eigenvalue weighted by Crippen LogP contribution is 2.29. The third-order valence-electron chi connectivity index (χ3n) is 4.45. The van der Waals surface area contributed by atoms with Crippen molar-refractivity contribution in [2.24, 2.45) is 0 Å². The van der Waals surface area contributed by atoms with E-state index in [0.717, 1.165) is 5.56 Å². The van der Waals surface area contributed by atoms with E-state index in [1.165, 1.54) is 18.0 Å². The van der Waals surface area contributed by atoms with Crippen molar-refractivity contribution in [2.45, 2.75) is 39.3 Å². The summed E-state index contributed by atoms with van der Waals surface area (Å²) in [7, 11) is 1.44. The molecule has 166 valence electrons. The van der Waals surface area contributed by atoms with E-state index in [9.17, 15) is 19.5 Å². The number of phenolic OH excluding ortho intramolecular Hbond substituents is 1. The van der Waals surface area contributed by atoms with Gasteiger partial charge in [0.15, 0.2) is 0 Å². The van der Waals surface area contributed by atoms with Gasteiger partial charge in [-0.3, -0.25) is 9.59 Å². The molecule has 0 saturated carbocycles. The van der Waals surface area contributed by atoms with Crippen LogP contribution in [0.5, 0.6) is 5.75 Å². The van der Waals surface area contributed by atoms with Crippen LogP contribution in [0.15, 0.2) is 48.5 Å². The highest BCUT2D eigenvalue weighted by Gasteiger charge is 2.31. The van der Waals surface area contributed by atoms with Crippen LogP contribution in [0, 0.1) is 6.92 Å². The van der Waals surface area contributed by atoms with E-state index in [1.54, 1.807) is 51.1 Å². The van der Waals surface area contributed by atoms with Crippen LogP contribution in [-0.4, -0.2) is 47.1 Å². The summed E-state index contributed by atoms with van der Waals surface area (Å²) in [5, 5.41) is 15.5. The summed E-state index contributed by atoms with van der Waals surface area (Å²) in [6, 6.07) is 12.4. The molecule has 0 aliphatic carbocycles. The van der Waals surface area contributed by atoms with Crippen LogP contribution in [0.2, 0.25) is 0 Å². The highest BCUT2D eigenvalue weighted by atomic mass is 16.6. The smallest absolute Gasteiger partial charge is 0.408 e. The Bertz CT molecular complexity index is 952. The number of phenols is 1. The van der Waals surface area contributed by atoms with Crippen molar-refractivity contribution in [3.63, 3.8) is 0 Å². The third kappa shape index (κ3) is 6.74. The zero-order valence-corrected chi connectivity index (χ0v) is 18.4. The SMILES string of the molecule is Cc1ccccc1NC(=O)C(c1ccccc1O)N(C)C(=O)CNC(=O)OC(C)(C)C. The molecule has 31 heavy (non-hydrogen) atoms. The molecule has 2 rings (SSSR count). The van der Waals surface area contributed by atoms with Gasteiger partial charge in [0, 0.05) is 18.3 Å². The predicted molar refractivity (Wildman–Crippen MR) is 118 cm³/mol. The van der Waals surface area contributed by atoms with Crippen LogP contribution >= 0.6 is 0 Å². The van der Waals surface area contributed by atoms with Gasteiger partial charge in [-0.25, -0.2) is 4.79 Å². The van der Waals surface area contributed by atoms with Gasteiger partial charge < -0.3 is 25.4 Å². The van der Waals surface area contributed by atoms with Crippen molar-refractivity contribution < 1.29 is 24.2 Å². The Morgan fingerprint density at radius 2 is 1.68 bits per heavy atom. The quantitative estimate of drug-likeness (QED) is 0.655. The molecular formula is C23H29N3O5. The Labute approximate surface area is 182 Å². The highest BCUT2D eigenvalue weighted by molar-refractivity contribution is 5.99. The number of carbonyl (C=O) groups excluding carboxylic acids is 3. The number of hydrogen-bond donors (Lipinski definition) is 3. The van der Waals surface area contributed by atoms with Crippen LogP contribution < -0.4 is 10.6 Å². The molecule has 1 atom stereocenters. The van der Waals surface area contributed by atoms with Crippen molar-refractivity contribution in [3.8, 4) is 5.75 Å². The first-order valence-corrected chi connectivity index (χ1v) is 9.86. The van der Waals surface area contributed by atoms with Crippen LogP contribution in [-0.2, 0) is 14.3 Å². The maximum absolute atomic E-state index is 13.2. The lowest BCUT2D eigenvalue weighted by Crippen LogP contribution is -2.44. The number of carbonyl (C=O) groups is 3. The summed E-state index contributed by atoms with van der Waals surface area (Å²) in [6.07, 6.45) is -0.738. The summed E-state index contributed by atoms with van der Waals surface area (Å²) in [6.45, 7) is 6.62. The van der Waals surface area contributed by atoms with Crippen LogP contribution in [0.4, 0.5) is 10.5 Å². The molecule has 0 heterocycles. The summed E-state index contributed by atoms with van der Waals surface area (Å²) >= 11 is 0. The fourth-order valence-corrected chi connectivity index (χ4v) is 2.89. The molecule has 0 radical (unpaired) electrons. The number of nitrogens with zero attached hydrogens (tertiary/aromatic N) is 1. The Kier molecular flexibility index (Phi) is 7.63. The van der Waals surface area contributed by atoms with Crippen molar-refractivity contribution in [2.75, 3.05) is 18.9 Å². The molecule has 0 bridgehead atoms. The summed E-state index contributed by atoms with van der Waals surface area (Å²) in [5.41, 5.74) is 1.01. The first kappa shape index (κ1) is 23.7. The molecule has 0 saturated heterocycles. The van der Waals surface area contributed by atoms with Gasteiger partial charge >= 0.3 is 6.09 Å². The number of nitrogens with one attached hydrogen (secondary N) is 2. The fraction of sp³-hybridized carbons (Fsp3) is 0.348. The number of para-hydroxylation sites is 2. The van der Waals surface area contributed by atoms with Gasteiger partial charge in [-0.05, 0) is 45.4 Å². The molecule has 3 N–H and O–H groups in total. The maximum Gasteiger partial charge on any atom is 0.408 e. The van der Waals surface area contributed by atoms with Crippen molar-refractivity contribution in [3.05, 3.63) is 59.7 Å². The second kappa shape index (κ2) is 9.97. The van der Waals surface area contributed by atoms with Gasteiger partial charge in [0.1, 0.15) is 23.9 Å². The van der Waals surface area contributed by atoms with Gasteiger partial charge in [-0.15, -0.1) is 0 Å². The minimum atomic E-state index is -1.12. The number of hydrogen-bond acceptors (Lipinski definition) is 5. The monoisotopic (exact) mass is 427 g/mol. The molecule has 0 fully saturated rings. The molecule has 2 aromatic carbocycles. The van der Waals surface area contributed by atoms with Gasteiger partial charge in [0.2, 0.25) is 5.91 Å². The Morgan fingerprint density at radius 1 is 1.06 bits per heavy atom. The molecule has 3 amide bonds. The minimum absolute atomic E-state index is 0.118. The summed E-state index contributed by atoms with van der Waals surface area (Å²) < 4.78 is 5.13. The summed E-state index contributed by atoms with van der Waals surface area (Å²) in [4.78, 5) is 39.0. The Morgan fingerprint density at radius 3 is 2.29 bits per heavy atom. The Hall–Kier alpha value is -3.55. The first-order valence-electron chi connectivity index (χ1n) is 9.86. The van der Waals surface area contributed by atoms with E-state index in [1.807, 2.05) is 19.1 Å². The third-order valence-corrected chi connectivity index (χ3v) is 4.45.